The van der Waals surface area contributed by atoms with E-state index in [0.717, 1.165) is 18.4 Å². The molecule has 0 radical (unpaired) electrons. The quantitative estimate of drug-likeness (QED) is 0.645. The Kier molecular flexibility index (Phi) is 4.76. The van der Waals surface area contributed by atoms with Gasteiger partial charge in [0.1, 0.15) is 5.54 Å². The Balaban J connectivity index is 1.76. The van der Waals surface area contributed by atoms with Crippen molar-refractivity contribution >= 4 is 29.3 Å². The molecule has 0 bridgehead atoms. The molecule has 21 heavy (non-hydrogen) atoms. The van der Waals surface area contributed by atoms with Crippen LogP contribution >= 0.6 is 11.3 Å². The molecule has 2 rings (SSSR count). The Bertz CT molecular complexity index is 585. The standard InChI is InChI=1S/C15H16N2O3S/c1-15(10-16,12-3-4-12)17-13(18)8-20-14(19)5-2-11-6-7-21-9-11/h2,5-7,9,12H,3-4,8H2,1H3,(H,17,18)/b5-2+/t15-/m1/s1. The summed E-state index contributed by atoms with van der Waals surface area (Å²) in [6.07, 6.45) is 4.78. The second-order valence-corrected chi connectivity index (χ2v) is 5.91. The maximum absolute atomic E-state index is 11.7. The number of hydrogen-bond donors (Lipinski definition) is 1. The number of amides is 1. The monoisotopic (exact) mass is 304 g/mol. The average Bonchev–Trinajstić information content (AvgIpc) is 3.21. The van der Waals surface area contributed by atoms with Gasteiger partial charge in [-0.05, 0) is 54.1 Å². The highest BCUT2D eigenvalue weighted by Gasteiger charge is 2.43. The molecule has 1 aliphatic rings. The van der Waals surface area contributed by atoms with Crippen molar-refractivity contribution in [2.75, 3.05) is 6.61 Å². The van der Waals surface area contributed by atoms with Gasteiger partial charge in [0.05, 0.1) is 6.07 Å². The fraction of sp³-hybridized carbons (Fsp3) is 0.400. The molecule has 6 heteroatoms. The van der Waals surface area contributed by atoms with E-state index in [2.05, 4.69) is 11.4 Å². The Labute approximate surface area is 127 Å². The highest BCUT2D eigenvalue weighted by atomic mass is 32.1. The van der Waals surface area contributed by atoms with Crippen LogP contribution in [0.3, 0.4) is 0 Å². The number of nitrogens with one attached hydrogen (secondary N) is 1. The van der Waals surface area contributed by atoms with Crippen molar-refractivity contribution < 1.29 is 14.3 Å². The molecule has 1 amide bonds. The van der Waals surface area contributed by atoms with E-state index in [0.29, 0.717) is 0 Å². The summed E-state index contributed by atoms with van der Waals surface area (Å²) in [5.41, 5.74) is 0.0444. The van der Waals surface area contributed by atoms with Gasteiger partial charge in [0.25, 0.3) is 5.91 Å². The minimum absolute atomic E-state index is 0.195. The largest absolute Gasteiger partial charge is 0.452 e. The number of carbonyl (C=O) groups is 2. The third-order valence-electron chi connectivity index (χ3n) is 3.33. The van der Waals surface area contributed by atoms with Gasteiger partial charge >= 0.3 is 5.97 Å². The zero-order valence-corrected chi connectivity index (χ0v) is 12.5. The first-order valence-corrected chi connectivity index (χ1v) is 7.57. The molecule has 1 aliphatic carbocycles. The molecule has 0 spiro atoms. The molecule has 1 atom stereocenters. The Hall–Kier alpha value is -2.13. The van der Waals surface area contributed by atoms with Crippen LogP contribution in [-0.4, -0.2) is 24.0 Å². The van der Waals surface area contributed by atoms with Crippen LogP contribution in [0, 0.1) is 17.2 Å². The number of nitrogens with zero attached hydrogens (tertiary/aromatic N) is 1. The second-order valence-electron chi connectivity index (χ2n) is 5.13. The zero-order chi connectivity index (χ0) is 15.3. The summed E-state index contributed by atoms with van der Waals surface area (Å²) in [4.78, 5) is 23.2. The molecular weight excluding hydrogens is 288 g/mol. The minimum atomic E-state index is -0.865. The van der Waals surface area contributed by atoms with Gasteiger partial charge in [-0.2, -0.15) is 16.6 Å². The Morgan fingerprint density at radius 3 is 2.95 bits per heavy atom. The summed E-state index contributed by atoms with van der Waals surface area (Å²) >= 11 is 1.53. The SMILES string of the molecule is C[C@](C#N)(NC(=O)COC(=O)/C=C/c1ccsc1)C1CC1. The van der Waals surface area contributed by atoms with E-state index in [1.165, 1.54) is 17.4 Å². The maximum Gasteiger partial charge on any atom is 0.331 e. The summed E-state index contributed by atoms with van der Waals surface area (Å²) in [7, 11) is 0. The molecule has 1 N–H and O–H groups in total. The van der Waals surface area contributed by atoms with E-state index in [4.69, 9.17) is 10.00 Å². The van der Waals surface area contributed by atoms with E-state index in [9.17, 15) is 9.59 Å². The third-order valence-corrected chi connectivity index (χ3v) is 4.03. The lowest BCUT2D eigenvalue weighted by atomic mass is 9.98. The summed E-state index contributed by atoms with van der Waals surface area (Å²) in [5.74, 6) is -0.842. The predicted molar refractivity (Wildman–Crippen MR) is 79.2 cm³/mol. The number of nitriles is 1. The van der Waals surface area contributed by atoms with Gasteiger partial charge in [0.2, 0.25) is 0 Å². The number of rotatable bonds is 6. The van der Waals surface area contributed by atoms with Crippen molar-refractivity contribution in [1.82, 2.24) is 5.32 Å². The lowest BCUT2D eigenvalue weighted by Gasteiger charge is -2.22. The van der Waals surface area contributed by atoms with Crippen LogP contribution in [0.5, 0.6) is 0 Å². The van der Waals surface area contributed by atoms with Crippen LogP contribution in [0.15, 0.2) is 22.9 Å². The fourth-order valence-electron chi connectivity index (χ4n) is 1.93. The van der Waals surface area contributed by atoms with Gasteiger partial charge in [0.15, 0.2) is 6.61 Å². The van der Waals surface area contributed by atoms with E-state index < -0.39 is 17.4 Å². The average molecular weight is 304 g/mol. The van der Waals surface area contributed by atoms with Crippen LogP contribution < -0.4 is 5.32 Å². The van der Waals surface area contributed by atoms with Crippen LogP contribution in [0.4, 0.5) is 0 Å². The smallest absolute Gasteiger partial charge is 0.331 e. The van der Waals surface area contributed by atoms with E-state index in [1.807, 2.05) is 16.8 Å². The normalized spacial score (nSPS) is 17.0. The topological polar surface area (TPSA) is 79.2 Å². The molecule has 1 aromatic heterocycles. The van der Waals surface area contributed by atoms with Crippen molar-refractivity contribution in [3.8, 4) is 6.07 Å². The number of carbonyl (C=O) groups excluding carboxylic acids is 2. The lowest BCUT2D eigenvalue weighted by Crippen LogP contribution is -2.48. The Morgan fingerprint density at radius 1 is 1.62 bits per heavy atom. The maximum atomic E-state index is 11.7. The number of thiophene rings is 1. The molecule has 0 unspecified atom stereocenters. The highest BCUT2D eigenvalue weighted by molar-refractivity contribution is 7.08. The van der Waals surface area contributed by atoms with Gasteiger partial charge in [-0.15, -0.1) is 0 Å². The molecule has 5 nitrogen and oxygen atoms in total. The van der Waals surface area contributed by atoms with Crippen LogP contribution in [0.25, 0.3) is 6.08 Å². The summed E-state index contributed by atoms with van der Waals surface area (Å²) < 4.78 is 4.85. The first-order chi connectivity index (χ1) is 10.0. The fourth-order valence-corrected chi connectivity index (χ4v) is 2.56. The van der Waals surface area contributed by atoms with Gasteiger partial charge in [-0.25, -0.2) is 4.79 Å². The van der Waals surface area contributed by atoms with Gasteiger partial charge < -0.3 is 10.1 Å². The van der Waals surface area contributed by atoms with Gasteiger partial charge in [0, 0.05) is 6.08 Å². The molecule has 0 aromatic carbocycles. The van der Waals surface area contributed by atoms with E-state index in [1.54, 1.807) is 13.0 Å². The predicted octanol–water partition coefficient (Wildman–Crippen LogP) is 2.11. The summed E-state index contributed by atoms with van der Waals surface area (Å²) in [6.45, 7) is 1.32. The van der Waals surface area contributed by atoms with Crippen molar-refractivity contribution in [1.29, 1.82) is 5.26 Å². The van der Waals surface area contributed by atoms with E-state index >= 15 is 0 Å². The molecule has 0 aliphatic heterocycles. The highest BCUT2D eigenvalue weighted by Crippen LogP contribution is 2.39. The van der Waals surface area contributed by atoms with Gasteiger partial charge in [-0.1, -0.05) is 0 Å². The van der Waals surface area contributed by atoms with Crippen LogP contribution in [-0.2, 0) is 14.3 Å². The molecule has 0 saturated heterocycles. The molecule has 110 valence electrons. The number of ether oxygens (including phenoxy) is 1. The van der Waals surface area contributed by atoms with Crippen molar-refractivity contribution in [2.45, 2.75) is 25.3 Å². The van der Waals surface area contributed by atoms with Crippen LogP contribution in [0.1, 0.15) is 25.3 Å². The summed E-state index contributed by atoms with van der Waals surface area (Å²) in [6, 6.07) is 3.99. The van der Waals surface area contributed by atoms with Crippen molar-refractivity contribution in [3.63, 3.8) is 0 Å². The number of esters is 1. The summed E-state index contributed by atoms with van der Waals surface area (Å²) in [5, 5.41) is 15.6. The zero-order valence-electron chi connectivity index (χ0n) is 11.7. The molecule has 1 saturated carbocycles. The third kappa shape index (κ3) is 4.43. The van der Waals surface area contributed by atoms with Crippen molar-refractivity contribution in [2.24, 2.45) is 5.92 Å². The first kappa shape index (κ1) is 15.3. The van der Waals surface area contributed by atoms with E-state index in [-0.39, 0.29) is 12.5 Å². The lowest BCUT2D eigenvalue weighted by molar-refractivity contribution is -0.144. The minimum Gasteiger partial charge on any atom is -0.452 e. The molecule has 1 heterocycles. The van der Waals surface area contributed by atoms with Gasteiger partial charge in [-0.3, -0.25) is 4.79 Å². The van der Waals surface area contributed by atoms with Crippen LogP contribution in [0.2, 0.25) is 0 Å². The van der Waals surface area contributed by atoms with Crippen molar-refractivity contribution in [3.05, 3.63) is 28.5 Å². The molecule has 1 aromatic rings. The molecular formula is C15H16N2O3S. The number of hydrogen-bond acceptors (Lipinski definition) is 5. The molecule has 1 fully saturated rings. The first-order valence-electron chi connectivity index (χ1n) is 6.63. The second kappa shape index (κ2) is 6.55. The Morgan fingerprint density at radius 2 is 2.38 bits per heavy atom.